The van der Waals surface area contributed by atoms with Crippen molar-refractivity contribution in [2.45, 2.75) is 13.0 Å². The molecule has 0 bridgehead atoms. The fraction of sp³-hybridized carbons (Fsp3) is 0.143. The molecule has 0 aliphatic carbocycles. The average molecular weight is 427 g/mol. The van der Waals surface area contributed by atoms with Gasteiger partial charge in [-0.1, -0.05) is 18.2 Å². The first-order chi connectivity index (χ1) is 13.0. The number of halogens is 1. The van der Waals surface area contributed by atoms with Gasteiger partial charge in [0.1, 0.15) is 23.1 Å². The van der Waals surface area contributed by atoms with Gasteiger partial charge in [0.15, 0.2) is 0 Å². The fourth-order valence-electron chi connectivity index (χ4n) is 2.41. The first-order valence-corrected chi connectivity index (χ1v) is 8.93. The van der Waals surface area contributed by atoms with Gasteiger partial charge in [0.2, 0.25) is 0 Å². The summed E-state index contributed by atoms with van der Waals surface area (Å²) in [6, 6.07) is 12.6. The normalized spacial score (nSPS) is 10.8. The van der Waals surface area contributed by atoms with Crippen LogP contribution in [0.1, 0.15) is 16.7 Å². The number of carbonyl (C=O) groups excluding carboxylic acids is 1. The summed E-state index contributed by atoms with van der Waals surface area (Å²) in [7, 11) is 1.59. The molecule has 0 aromatic heterocycles. The van der Waals surface area contributed by atoms with E-state index in [0.717, 1.165) is 11.3 Å². The highest BCUT2D eigenvalue weighted by Gasteiger charge is 2.11. The number of amides is 1. The zero-order valence-electron chi connectivity index (χ0n) is 14.8. The van der Waals surface area contributed by atoms with E-state index in [9.17, 15) is 15.2 Å². The molecule has 2 N–H and O–H groups in total. The molecule has 0 aliphatic rings. The molecule has 0 saturated carbocycles. The van der Waals surface area contributed by atoms with Crippen LogP contribution in [0.3, 0.4) is 0 Å². The van der Waals surface area contributed by atoms with Gasteiger partial charge < -0.3 is 15.2 Å². The van der Waals surface area contributed by atoms with Crippen molar-refractivity contribution >= 4 is 27.9 Å². The third-order valence-electron chi connectivity index (χ3n) is 3.82. The second-order valence-corrected chi connectivity index (χ2v) is 6.56. The van der Waals surface area contributed by atoms with E-state index in [1.54, 1.807) is 37.5 Å². The Morgan fingerprint density at radius 1 is 1.37 bits per heavy atom. The SMILES string of the molecule is C=CCc1cc(/C=C(/C#N)C(=O)NCc2ccc(OC)cc2)cc(Br)c1O. The van der Waals surface area contributed by atoms with Crippen molar-refractivity contribution in [2.75, 3.05) is 7.11 Å². The summed E-state index contributed by atoms with van der Waals surface area (Å²) in [5.41, 5.74) is 2.15. The number of phenols is 1. The Kier molecular flexibility index (Phi) is 7.21. The number of allylic oxidation sites excluding steroid dienone is 1. The highest BCUT2D eigenvalue weighted by atomic mass is 79.9. The highest BCUT2D eigenvalue weighted by Crippen LogP contribution is 2.30. The van der Waals surface area contributed by atoms with Gasteiger partial charge in [0.25, 0.3) is 5.91 Å². The Labute approximate surface area is 166 Å². The second-order valence-electron chi connectivity index (χ2n) is 5.70. The number of carbonyl (C=O) groups is 1. The van der Waals surface area contributed by atoms with Gasteiger partial charge in [-0.3, -0.25) is 4.79 Å². The van der Waals surface area contributed by atoms with Crippen molar-refractivity contribution in [2.24, 2.45) is 0 Å². The number of nitriles is 1. The summed E-state index contributed by atoms with van der Waals surface area (Å²) in [5.74, 6) is 0.383. The summed E-state index contributed by atoms with van der Waals surface area (Å²) >= 11 is 3.28. The first-order valence-electron chi connectivity index (χ1n) is 8.13. The lowest BCUT2D eigenvalue weighted by Crippen LogP contribution is -2.23. The van der Waals surface area contributed by atoms with Crippen molar-refractivity contribution in [1.82, 2.24) is 5.32 Å². The minimum atomic E-state index is -0.470. The molecule has 0 radical (unpaired) electrons. The Bertz CT molecular complexity index is 912. The maximum Gasteiger partial charge on any atom is 0.262 e. The number of hydrogen-bond acceptors (Lipinski definition) is 4. The predicted octanol–water partition coefficient (Wildman–Crippen LogP) is 4.12. The van der Waals surface area contributed by atoms with E-state index in [1.165, 1.54) is 6.08 Å². The summed E-state index contributed by atoms with van der Waals surface area (Å²) in [6.07, 6.45) is 3.62. The molecular weight excluding hydrogens is 408 g/mol. The smallest absolute Gasteiger partial charge is 0.262 e. The van der Waals surface area contributed by atoms with Gasteiger partial charge in [-0.15, -0.1) is 6.58 Å². The third-order valence-corrected chi connectivity index (χ3v) is 4.42. The predicted molar refractivity (Wildman–Crippen MR) is 108 cm³/mol. The lowest BCUT2D eigenvalue weighted by Gasteiger charge is -2.08. The molecular formula is C21H19BrN2O3. The van der Waals surface area contributed by atoms with Crippen LogP contribution < -0.4 is 10.1 Å². The molecule has 2 rings (SSSR count). The van der Waals surface area contributed by atoms with Gasteiger partial charge in [-0.25, -0.2) is 0 Å². The topological polar surface area (TPSA) is 82.4 Å². The maximum atomic E-state index is 12.3. The van der Waals surface area contributed by atoms with E-state index >= 15 is 0 Å². The van der Waals surface area contributed by atoms with E-state index in [0.29, 0.717) is 28.6 Å². The standard InChI is InChI=1S/C21H19BrN2O3/c1-3-4-16-9-15(11-19(22)20(16)25)10-17(12-23)21(26)24-13-14-5-7-18(27-2)8-6-14/h3,5-11,25H,1,4,13H2,2H3,(H,24,26)/b17-10-. The van der Waals surface area contributed by atoms with Crippen molar-refractivity contribution < 1.29 is 14.6 Å². The van der Waals surface area contributed by atoms with E-state index in [2.05, 4.69) is 27.8 Å². The molecule has 5 nitrogen and oxygen atoms in total. The quantitative estimate of drug-likeness (QED) is 0.396. The zero-order chi connectivity index (χ0) is 19.8. The Morgan fingerprint density at radius 2 is 2.07 bits per heavy atom. The number of methoxy groups -OCH3 is 1. The first kappa shape index (κ1) is 20.3. The Morgan fingerprint density at radius 3 is 2.67 bits per heavy atom. The van der Waals surface area contributed by atoms with E-state index in [4.69, 9.17) is 4.74 Å². The van der Waals surface area contributed by atoms with Crippen LogP contribution in [0.15, 0.2) is 59.1 Å². The average Bonchev–Trinajstić information content (AvgIpc) is 2.68. The lowest BCUT2D eigenvalue weighted by atomic mass is 10.0. The van der Waals surface area contributed by atoms with Gasteiger partial charge in [0, 0.05) is 6.54 Å². The van der Waals surface area contributed by atoms with Crippen molar-refractivity contribution in [3.05, 3.63) is 75.8 Å². The molecule has 0 fully saturated rings. The molecule has 0 atom stereocenters. The molecule has 0 saturated heterocycles. The highest BCUT2D eigenvalue weighted by molar-refractivity contribution is 9.10. The summed E-state index contributed by atoms with van der Waals surface area (Å²) in [4.78, 5) is 12.3. The van der Waals surface area contributed by atoms with Gasteiger partial charge in [-0.2, -0.15) is 5.26 Å². The van der Waals surface area contributed by atoms with E-state index < -0.39 is 5.91 Å². The molecule has 2 aromatic carbocycles. The fourth-order valence-corrected chi connectivity index (χ4v) is 2.93. The van der Waals surface area contributed by atoms with Gasteiger partial charge >= 0.3 is 0 Å². The second kappa shape index (κ2) is 9.60. The molecule has 1 amide bonds. The molecule has 0 unspecified atom stereocenters. The van der Waals surface area contributed by atoms with Gasteiger partial charge in [0.05, 0.1) is 11.6 Å². The van der Waals surface area contributed by atoms with Crippen molar-refractivity contribution in [1.29, 1.82) is 5.26 Å². The minimum Gasteiger partial charge on any atom is -0.506 e. The summed E-state index contributed by atoms with van der Waals surface area (Å²) < 4.78 is 5.58. The molecule has 0 heterocycles. The number of ether oxygens (including phenoxy) is 1. The molecule has 2 aromatic rings. The molecule has 0 aliphatic heterocycles. The van der Waals surface area contributed by atoms with E-state index in [1.807, 2.05) is 18.2 Å². The van der Waals surface area contributed by atoms with Crippen molar-refractivity contribution in [3.8, 4) is 17.6 Å². The van der Waals surface area contributed by atoms with Crippen LogP contribution in [0.25, 0.3) is 6.08 Å². The van der Waals surface area contributed by atoms with Crippen LogP contribution in [0.2, 0.25) is 0 Å². The van der Waals surface area contributed by atoms with Crippen LogP contribution in [-0.4, -0.2) is 18.1 Å². The third kappa shape index (κ3) is 5.47. The number of aromatic hydroxyl groups is 1. The van der Waals surface area contributed by atoms with Crippen LogP contribution in [-0.2, 0) is 17.8 Å². The number of nitrogens with zero attached hydrogens (tertiary/aromatic N) is 1. The Hall–Kier alpha value is -3.04. The van der Waals surface area contributed by atoms with E-state index in [-0.39, 0.29) is 11.3 Å². The van der Waals surface area contributed by atoms with Crippen molar-refractivity contribution in [3.63, 3.8) is 0 Å². The summed E-state index contributed by atoms with van der Waals surface area (Å²) in [5, 5.41) is 22.1. The van der Waals surface area contributed by atoms with Gasteiger partial charge in [-0.05, 0) is 69.4 Å². The van der Waals surface area contributed by atoms with Crippen LogP contribution in [0, 0.1) is 11.3 Å². The molecule has 0 spiro atoms. The minimum absolute atomic E-state index is 0.0225. The largest absolute Gasteiger partial charge is 0.506 e. The van der Waals surface area contributed by atoms with Crippen LogP contribution >= 0.6 is 15.9 Å². The molecule has 27 heavy (non-hydrogen) atoms. The van der Waals surface area contributed by atoms with Crippen LogP contribution in [0.5, 0.6) is 11.5 Å². The number of nitrogens with one attached hydrogen (secondary N) is 1. The lowest BCUT2D eigenvalue weighted by molar-refractivity contribution is -0.117. The Balaban J connectivity index is 2.16. The number of benzene rings is 2. The number of rotatable bonds is 7. The summed E-state index contributed by atoms with van der Waals surface area (Å²) in [6.45, 7) is 3.95. The molecule has 138 valence electrons. The van der Waals surface area contributed by atoms with Crippen LogP contribution in [0.4, 0.5) is 0 Å². The molecule has 6 heteroatoms. The maximum absolute atomic E-state index is 12.3. The zero-order valence-corrected chi connectivity index (χ0v) is 16.4. The number of hydrogen-bond donors (Lipinski definition) is 2. The number of phenolic OH excluding ortho intramolecular Hbond substituents is 1. The monoisotopic (exact) mass is 426 g/mol.